The summed E-state index contributed by atoms with van der Waals surface area (Å²) in [5.41, 5.74) is -0.180. The average molecular weight is 411 g/mol. The molecule has 0 radical (unpaired) electrons. The Morgan fingerprint density at radius 2 is 1.24 bits per heavy atom. The molecular weight excluding hydrogens is 356 g/mol. The second-order valence-corrected chi connectivity index (χ2v) is 9.54. The third kappa shape index (κ3) is 12.4. The van der Waals surface area contributed by atoms with E-state index in [9.17, 15) is 0 Å². The fourth-order valence-electron chi connectivity index (χ4n) is 4.59. The normalized spacial score (nSPS) is 23.0. The summed E-state index contributed by atoms with van der Waals surface area (Å²) in [5.74, 6) is 0. The molecule has 0 amide bonds. The van der Waals surface area contributed by atoms with Gasteiger partial charge in [0.2, 0.25) is 0 Å². The molecule has 0 saturated carbocycles. The quantitative estimate of drug-likeness (QED) is 0.226. The third-order valence-corrected chi connectivity index (χ3v) is 6.93. The number of nitrogens with zero attached hydrogens (tertiary/aromatic N) is 1. The van der Waals surface area contributed by atoms with Crippen molar-refractivity contribution in [3.05, 3.63) is 0 Å². The Morgan fingerprint density at radius 1 is 0.759 bits per heavy atom. The minimum atomic E-state index is -0.180. The predicted octanol–water partition coefficient (Wildman–Crippen LogP) is 7.29. The van der Waals surface area contributed by atoms with Gasteiger partial charge in [0, 0.05) is 12.6 Å². The maximum Gasteiger partial charge on any atom is 0.131 e. The van der Waals surface area contributed by atoms with Gasteiger partial charge < -0.3 is 4.74 Å². The van der Waals surface area contributed by atoms with E-state index in [1.54, 1.807) is 0 Å². The van der Waals surface area contributed by atoms with Gasteiger partial charge in [-0.15, -0.1) is 0 Å². The number of rotatable bonds is 19. The number of nitrogens with one attached hydrogen (secondary N) is 1. The van der Waals surface area contributed by atoms with Gasteiger partial charge in [-0.2, -0.15) is 0 Å². The van der Waals surface area contributed by atoms with E-state index in [1.165, 1.54) is 109 Å². The van der Waals surface area contributed by atoms with Gasteiger partial charge in [-0.3, -0.25) is 10.2 Å². The Labute approximate surface area is 183 Å². The average Bonchev–Trinajstić information content (AvgIpc) is 2.72. The van der Waals surface area contributed by atoms with E-state index in [-0.39, 0.29) is 5.72 Å². The first-order valence-electron chi connectivity index (χ1n) is 13.3. The van der Waals surface area contributed by atoms with Crippen LogP contribution in [0.15, 0.2) is 0 Å². The second kappa shape index (κ2) is 17.5. The Bertz CT molecular complexity index is 363. The molecule has 2 atom stereocenters. The van der Waals surface area contributed by atoms with Crippen molar-refractivity contribution in [3.63, 3.8) is 0 Å². The van der Waals surface area contributed by atoms with Gasteiger partial charge in [-0.1, -0.05) is 104 Å². The second-order valence-electron chi connectivity index (χ2n) is 9.54. The van der Waals surface area contributed by atoms with Crippen LogP contribution >= 0.6 is 0 Å². The smallest absolute Gasteiger partial charge is 0.131 e. The Kier molecular flexibility index (Phi) is 16.3. The van der Waals surface area contributed by atoms with Gasteiger partial charge in [0.05, 0.1) is 6.61 Å². The molecule has 1 heterocycles. The van der Waals surface area contributed by atoms with Gasteiger partial charge in [-0.05, 0) is 39.8 Å². The van der Waals surface area contributed by atoms with Crippen molar-refractivity contribution in [2.45, 2.75) is 142 Å². The van der Waals surface area contributed by atoms with Crippen molar-refractivity contribution in [1.29, 1.82) is 0 Å². The molecule has 0 bridgehead atoms. The van der Waals surface area contributed by atoms with Crippen molar-refractivity contribution >= 4 is 0 Å². The first-order chi connectivity index (χ1) is 14.1. The van der Waals surface area contributed by atoms with Gasteiger partial charge in [0.25, 0.3) is 0 Å². The van der Waals surface area contributed by atoms with Crippen molar-refractivity contribution in [2.24, 2.45) is 0 Å². The van der Waals surface area contributed by atoms with E-state index >= 15 is 0 Å². The lowest BCUT2D eigenvalue weighted by Gasteiger charge is -2.47. The minimum absolute atomic E-state index is 0.180. The summed E-state index contributed by atoms with van der Waals surface area (Å²) in [6.45, 7) is 13.4. The monoisotopic (exact) mass is 410 g/mol. The number of hydrogen-bond acceptors (Lipinski definition) is 3. The largest absolute Gasteiger partial charge is 0.358 e. The molecule has 1 aliphatic heterocycles. The molecule has 0 aromatic rings. The van der Waals surface area contributed by atoms with Crippen LogP contribution in [-0.2, 0) is 4.74 Å². The van der Waals surface area contributed by atoms with E-state index < -0.39 is 0 Å². The molecule has 1 fully saturated rings. The zero-order chi connectivity index (χ0) is 21.2. The van der Waals surface area contributed by atoms with Crippen molar-refractivity contribution in [3.8, 4) is 0 Å². The topological polar surface area (TPSA) is 24.5 Å². The van der Waals surface area contributed by atoms with Crippen LogP contribution in [0.5, 0.6) is 0 Å². The highest BCUT2D eigenvalue weighted by Crippen LogP contribution is 2.23. The van der Waals surface area contributed by atoms with Crippen LogP contribution in [0, 0.1) is 0 Å². The molecule has 0 spiro atoms. The molecule has 1 saturated heterocycles. The highest BCUT2D eigenvalue weighted by Gasteiger charge is 2.38. The molecular formula is C26H54N2O. The predicted molar refractivity (Wildman–Crippen MR) is 129 cm³/mol. The molecule has 3 nitrogen and oxygen atoms in total. The van der Waals surface area contributed by atoms with Crippen LogP contribution < -0.4 is 5.32 Å². The summed E-state index contributed by atoms with van der Waals surface area (Å²) in [6, 6.07) is 0.454. The molecule has 2 unspecified atom stereocenters. The van der Waals surface area contributed by atoms with Crippen LogP contribution in [0.1, 0.15) is 130 Å². The number of morpholine rings is 1. The SMILES string of the molecule is CCCCCCCCCCCCCCNC1(C)OCCN(CCCCCC)C1C. The summed E-state index contributed by atoms with van der Waals surface area (Å²) in [7, 11) is 0. The zero-order valence-electron chi connectivity index (χ0n) is 20.6. The Morgan fingerprint density at radius 3 is 1.79 bits per heavy atom. The zero-order valence-corrected chi connectivity index (χ0v) is 20.6. The molecule has 1 aliphatic rings. The van der Waals surface area contributed by atoms with Crippen molar-refractivity contribution in [2.75, 3.05) is 26.2 Å². The third-order valence-electron chi connectivity index (χ3n) is 6.93. The maximum absolute atomic E-state index is 6.19. The minimum Gasteiger partial charge on any atom is -0.358 e. The first-order valence-corrected chi connectivity index (χ1v) is 13.3. The van der Waals surface area contributed by atoms with Crippen LogP contribution in [0.25, 0.3) is 0 Å². The lowest BCUT2D eigenvalue weighted by atomic mass is 10.0. The summed E-state index contributed by atoms with van der Waals surface area (Å²) < 4.78 is 6.19. The summed E-state index contributed by atoms with van der Waals surface area (Å²) in [6.07, 6.45) is 22.3. The molecule has 1 N–H and O–H groups in total. The Balaban J connectivity index is 2.02. The van der Waals surface area contributed by atoms with Crippen LogP contribution in [0.4, 0.5) is 0 Å². The van der Waals surface area contributed by atoms with E-state index in [2.05, 4.69) is 37.9 Å². The molecule has 0 aromatic heterocycles. The lowest BCUT2D eigenvalue weighted by molar-refractivity contribution is -0.150. The maximum atomic E-state index is 6.19. The molecule has 29 heavy (non-hydrogen) atoms. The standard InChI is InChI=1S/C26H54N2O/c1-5-7-9-11-12-13-14-15-16-17-18-19-21-27-26(4)25(3)28(23-24-29-26)22-20-10-8-6-2/h25,27H,5-24H2,1-4H3. The van der Waals surface area contributed by atoms with Gasteiger partial charge in [-0.25, -0.2) is 0 Å². The van der Waals surface area contributed by atoms with E-state index in [0.29, 0.717) is 6.04 Å². The summed E-state index contributed by atoms with van der Waals surface area (Å²) in [4.78, 5) is 2.63. The van der Waals surface area contributed by atoms with Crippen molar-refractivity contribution < 1.29 is 4.74 Å². The Hall–Kier alpha value is -0.120. The van der Waals surface area contributed by atoms with E-state index in [0.717, 1.165) is 19.7 Å². The summed E-state index contributed by atoms with van der Waals surface area (Å²) in [5, 5.41) is 3.75. The highest BCUT2D eigenvalue weighted by atomic mass is 16.5. The fourth-order valence-corrected chi connectivity index (χ4v) is 4.59. The first kappa shape index (κ1) is 26.9. The van der Waals surface area contributed by atoms with Gasteiger partial charge in [0.15, 0.2) is 0 Å². The van der Waals surface area contributed by atoms with Crippen LogP contribution in [0.3, 0.4) is 0 Å². The lowest BCUT2D eigenvalue weighted by Crippen LogP contribution is -2.64. The number of unbranched alkanes of at least 4 members (excludes halogenated alkanes) is 14. The van der Waals surface area contributed by atoms with Crippen molar-refractivity contribution in [1.82, 2.24) is 10.2 Å². The number of ether oxygens (including phenoxy) is 1. The molecule has 3 heteroatoms. The highest BCUT2D eigenvalue weighted by molar-refractivity contribution is 4.89. The number of hydrogen-bond donors (Lipinski definition) is 1. The van der Waals surface area contributed by atoms with E-state index in [4.69, 9.17) is 4.74 Å². The van der Waals surface area contributed by atoms with Gasteiger partial charge in [0.1, 0.15) is 5.72 Å². The molecule has 0 aromatic carbocycles. The fraction of sp³-hybridized carbons (Fsp3) is 1.00. The van der Waals surface area contributed by atoms with E-state index in [1.807, 2.05) is 0 Å². The molecule has 0 aliphatic carbocycles. The van der Waals surface area contributed by atoms with Gasteiger partial charge >= 0.3 is 0 Å². The molecule has 174 valence electrons. The summed E-state index contributed by atoms with van der Waals surface area (Å²) >= 11 is 0. The van der Waals surface area contributed by atoms with Crippen LogP contribution in [0.2, 0.25) is 0 Å². The van der Waals surface area contributed by atoms with Crippen LogP contribution in [-0.4, -0.2) is 42.9 Å². The molecule has 1 rings (SSSR count).